The predicted molar refractivity (Wildman–Crippen MR) is 97.3 cm³/mol. The first kappa shape index (κ1) is 20.2. The van der Waals surface area contributed by atoms with Crippen LogP contribution in [0.25, 0.3) is 0 Å². The van der Waals surface area contributed by atoms with Crippen LogP contribution in [0.15, 0.2) is 41.3 Å². The van der Waals surface area contributed by atoms with Crippen LogP contribution in [0.4, 0.5) is 11.4 Å². The number of anilines is 1. The zero-order chi connectivity index (χ0) is 20.2. The highest BCUT2D eigenvalue weighted by Crippen LogP contribution is 2.28. The van der Waals surface area contributed by atoms with Gasteiger partial charge in [0.2, 0.25) is 0 Å². The molecule has 144 valence electrons. The number of aryl methyl sites for hydroxylation is 1. The summed E-state index contributed by atoms with van der Waals surface area (Å²) in [5.41, 5.74) is 0.643. The van der Waals surface area contributed by atoms with Crippen molar-refractivity contribution in [3.63, 3.8) is 0 Å². The first-order valence-corrected chi connectivity index (χ1v) is 9.21. The van der Waals surface area contributed by atoms with Crippen LogP contribution in [0.2, 0.25) is 0 Å². The first-order valence-electron chi connectivity index (χ1n) is 7.73. The van der Waals surface area contributed by atoms with E-state index in [1.54, 1.807) is 6.92 Å². The number of hydrogen-bond acceptors (Lipinski definition) is 7. The Morgan fingerprint density at radius 1 is 1.22 bits per heavy atom. The van der Waals surface area contributed by atoms with Gasteiger partial charge in [-0.15, -0.1) is 0 Å². The number of benzene rings is 2. The number of carbonyl (C=O) groups is 1. The highest BCUT2D eigenvalue weighted by molar-refractivity contribution is 7.92. The molecule has 0 amide bonds. The molecular weight excluding hydrogens is 376 g/mol. The van der Waals surface area contributed by atoms with E-state index < -0.39 is 20.9 Å². The first-order chi connectivity index (χ1) is 12.7. The van der Waals surface area contributed by atoms with E-state index in [4.69, 9.17) is 4.74 Å². The number of methoxy groups -OCH3 is 1. The molecule has 27 heavy (non-hydrogen) atoms. The molecule has 0 fully saturated rings. The summed E-state index contributed by atoms with van der Waals surface area (Å²) in [5.74, 6) is -0.222. The molecule has 0 aliphatic carbocycles. The molecule has 0 radical (unpaired) electrons. The Bertz CT molecular complexity index is 987. The molecule has 0 spiro atoms. The van der Waals surface area contributed by atoms with Crippen LogP contribution in [0.3, 0.4) is 0 Å². The van der Waals surface area contributed by atoms with Gasteiger partial charge in [-0.25, -0.2) is 13.2 Å². The fourth-order valence-corrected chi connectivity index (χ4v) is 3.49. The van der Waals surface area contributed by atoms with Crippen LogP contribution < -0.4 is 9.46 Å². The topological polar surface area (TPSA) is 125 Å². The summed E-state index contributed by atoms with van der Waals surface area (Å²) >= 11 is 0. The second kappa shape index (κ2) is 8.04. The van der Waals surface area contributed by atoms with Gasteiger partial charge in [-0.2, -0.15) is 0 Å². The molecule has 0 bridgehead atoms. The van der Waals surface area contributed by atoms with Crippen LogP contribution >= 0.6 is 0 Å². The molecule has 0 aliphatic rings. The second-order valence-electron chi connectivity index (χ2n) is 5.60. The lowest BCUT2D eigenvalue weighted by molar-refractivity contribution is -0.385. The SMILES string of the molecule is COC(=O)COc1ccc(S(=O)(=O)Nc2cccc([N+](=O)[O-])c2C)cc1C. The van der Waals surface area contributed by atoms with Crippen molar-refractivity contribution < 1.29 is 27.6 Å². The lowest BCUT2D eigenvalue weighted by Gasteiger charge is -2.13. The summed E-state index contributed by atoms with van der Waals surface area (Å²) in [4.78, 5) is 21.5. The van der Waals surface area contributed by atoms with Crippen molar-refractivity contribution >= 4 is 27.4 Å². The number of ether oxygens (including phenoxy) is 2. The van der Waals surface area contributed by atoms with E-state index in [-0.39, 0.29) is 28.4 Å². The fraction of sp³-hybridized carbons (Fsp3) is 0.235. The van der Waals surface area contributed by atoms with Crippen molar-refractivity contribution in [1.29, 1.82) is 0 Å². The van der Waals surface area contributed by atoms with Gasteiger partial charge >= 0.3 is 5.97 Å². The Labute approximate surface area is 156 Å². The Morgan fingerprint density at radius 2 is 1.93 bits per heavy atom. The maximum atomic E-state index is 12.6. The smallest absolute Gasteiger partial charge is 0.343 e. The summed E-state index contributed by atoms with van der Waals surface area (Å²) in [6.07, 6.45) is 0. The Hall–Kier alpha value is -3.14. The molecule has 0 unspecified atom stereocenters. The van der Waals surface area contributed by atoms with Crippen molar-refractivity contribution in [2.45, 2.75) is 18.7 Å². The fourth-order valence-electron chi connectivity index (χ4n) is 2.28. The summed E-state index contributed by atoms with van der Waals surface area (Å²) in [5, 5.41) is 11.0. The number of nitro groups is 1. The molecule has 1 N–H and O–H groups in total. The molecule has 0 aliphatic heterocycles. The van der Waals surface area contributed by atoms with Crippen molar-refractivity contribution in [3.8, 4) is 5.75 Å². The van der Waals surface area contributed by atoms with Gasteiger partial charge in [-0.3, -0.25) is 14.8 Å². The van der Waals surface area contributed by atoms with Gasteiger partial charge < -0.3 is 9.47 Å². The zero-order valence-corrected chi connectivity index (χ0v) is 15.7. The predicted octanol–water partition coefficient (Wildman–Crippen LogP) is 2.56. The number of sulfonamides is 1. The number of nitrogens with one attached hydrogen (secondary N) is 1. The maximum absolute atomic E-state index is 12.6. The maximum Gasteiger partial charge on any atom is 0.343 e. The van der Waals surface area contributed by atoms with Crippen molar-refractivity contribution in [1.82, 2.24) is 0 Å². The van der Waals surface area contributed by atoms with E-state index in [2.05, 4.69) is 9.46 Å². The molecule has 10 heteroatoms. The van der Waals surface area contributed by atoms with Crippen molar-refractivity contribution in [2.24, 2.45) is 0 Å². The third kappa shape index (κ3) is 4.73. The monoisotopic (exact) mass is 394 g/mol. The number of carbonyl (C=O) groups excluding carboxylic acids is 1. The third-order valence-corrected chi connectivity index (χ3v) is 5.14. The van der Waals surface area contributed by atoms with Crippen LogP contribution in [-0.2, 0) is 19.6 Å². The van der Waals surface area contributed by atoms with Gasteiger partial charge in [-0.05, 0) is 43.7 Å². The highest BCUT2D eigenvalue weighted by Gasteiger charge is 2.20. The number of nitro benzene ring substituents is 1. The number of rotatable bonds is 7. The van der Waals surface area contributed by atoms with E-state index >= 15 is 0 Å². The second-order valence-corrected chi connectivity index (χ2v) is 7.29. The summed E-state index contributed by atoms with van der Waals surface area (Å²) in [6, 6.07) is 8.26. The Morgan fingerprint density at radius 3 is 2.52 bits per heavy atom. The molecule has 0 saturated heterocycles. The Balaban J connectivity index is 2.27. The van der Waals surface area contributed by atoms with E-state index in [0.717, 1.165) is 0 Å². The van der Waals surface area contributed by atoms with Gasteiger partial charge in [-0.1, -0.05) is 6.07 Å². The molecule has 0 saturated carbocycles. The minimum Gasteiger partial charge on any atom is -0.482 e. The number of nitrogens with zero attached hydrogens (tertiary/aromatic N) is 1. The van der Waals surface area contributed by atoms with Gasteiger partial charge in [0.25, 0.3) is 15.7 Å². The largest absolute Gasteiger partial charge is 0.482 e. The van der Waals surface area contributed by atoms with Crippen molar-refractivity contribution in [2.75, 3.05) is 18.4 Å². The molecule has 0 aromatic heterocycles. The number of hydrogen-bond donors (Lipinski definition) is 1. The van der Waals surface area contributed by atoms with Crippen LogP contribution in [0.5, 0.6) is 5.75 Å². The van der Waals surface area contributed by atoms with Gasteiger partial charge in [0.05, 0.1) is 28.2 Å². The highest BCUT2D eigenvalue weighted by atomic mass is 32.2. The lowest BCUT2D eigenvalue weighted by Crippen LogP contribution is -2.15. The molecule has 9 nitrogen and oxygen atoms in total. The van der Waals surface area contributed by atoms with Crippen LogP contribution in [-0.4, -0.2) is 33.0 Å². The summed E-state index contributed by atoms with van der Waals surface area (Å²) < 4.78 is 37.3. The molecule has 0 heterocycles. The molecule has 2 aromatic rings. The third-order valence-electron chi connectivity index (χ3n) is 3.78. The Kier molecular flexibility index (Phi) is 6.01. The quantitative estimate of drug-likeness (QED) is 0.434. The standard InChI is InChI=1S/C17H18N2O7S/c1-11-9-13(7-8-16(11)26-10-17(20)25-3)27(23,24)18-14-5-4-6-15(12(14)2)19(21)22/h4-9,18H,10H2,1-3H3. The van der Waals surface area contributed by atoms with E-state index in [0.29, 0.717) is 11.3 Å². The van der Waals surface area contributed by atoms with Gasteiger partial charge in [0, 0.05) is 6.07 Å². The van der Waals surface area contributed by atoms with Crippen LogP contribution in [0, 0.1) is 24.0 Å². The van der Waals surface area contributed by atoms with Crippen LogP contribution in [0.1, 0.15) is 11.1 Å². The molecule has 2 rings (SSSR count). The molecule has 2 aromatic carbocycles. The van der Waals surface area contributed by atoms with E-state index in [1.807, 2.05) is 0 Å². The average molecular weight is 394 g/mol. The van der Waals surface area contributed by atoms with E-state index in [1.165, 1.54) is 50.4 Å². The van der Waals surface area contributed by atoms with Crippen molar-refractivity contribution in [3.05, 3.63) is 57.6 Å². The minimum absolute atomic E-state index is 0.0451. The van der Waals surface area contributed by atoms with E-state index in [9.17, 15) is 23.3 Å². The van der Waals surface area contributed by atoms with Gasteiger partial charge in [0.1, 0.15) is 5.75 Å². The van der Waals surface area contributed by atoms with Gasteiger partial charge in [0.15, 0.2) is 6.61 Å². The normalized spacial score (nSPS) is 10.9. The summed E-state index contributed by atoms with van der Waals surface area (Å²) in [7, 11) is -2.74. The minimum atomic E-state index is -3.97. The number of esters is 1. The lowest BCUT2D eigenvalue weighted by atomic mass is 10.2. The molecule has 0 atom stereocenters. The molecular formula is C17H18N2O7S. The average Bonchev–Trinajstić information content (AvgIpc) is 2.61. The summed E-state index contributed by atoms with van der Waals surface area (Å²) in [6.45, 7) is 2.80. The zero-order valence-electron chi connectivity index (χ0n) is 14.9.